The Balaban J connectivity index is 1.78. The van der Waals surface area contributed by atoms with Crippen LogP contribution in [0.3, 0.4) is 0 Å². The van der Waals surface area contributed by atoms with Gasteiger partial charge < -0.3 is 10.6 Å². The number of hydrogen-bond acceptors (Lipinski definition) is 4. The fraction of sp³-hybridized carbons (Fsp3) is 0.667. The maximum absolute atomic E-state index is 11.8. The van der Waals surface area contributed by atoms with Gasteiger partial charge in [0.05, 0.1) is 23.3 Å². The molecule has 0 bridgehead atoms. The smallest absolute Gasteiger partial charge is 0.237 e. The lowest BCUT2D eigenvalue weighted by Crippen LogP contribution is -2.46. The highest BCUT2D eigenvalue weighted by molar-refractivity contribution is 7.09. The van der Waals surface area contributed by atoms with Crippen LogP contribution in [0.1, 0.15) is 36.9 Å². The van der Waals surface area contributed by atoms with Gasteiger partial charge in [-0.25, -0.2) is 4.98 Å². The molecule has 1 saturated heterocycles. The fourth-order valence-corrected chi connectivity index (χ4v) is 2.71. The molecule has 94 valence electrons. The SMILES string of the molecule is CCc1nc(CNC(=O)[C@H]2CCCCN2)cs1. The molecule has 1 aliphatic heterocycles. The molecule has 17 heavy (non-hydrogen) atoms. The Bertz CT molecular complexity index is 372. The van der Waals surface area contributed by atoms with Gasteiger partial charge in [-0.1, -0.05) is 13.3 Å². The largest absolute Gasteiger partial charge is 0.349 e. The number of nitrogens with one attached hydrogen (secondary N) is 2. The summed E-state index contributed by atoms with van der Waals surface area (Å²) in [6, 6.07) is -0.00645. The fourth-order valence-electron chi connectivity index (χ4n) is 1.97. The number of nitrogens with zero attached hydrogens (tertiary/aromatic N) is 1. The van der Waals surface area contributed by atoms with E-state index in [-0.39, 0.29) is 11.9 Å². The second kappa shape index (κ2) is 6.12. The summed E-state index contributed by atoms with van der Waals surface area (Å²) in [7, 11) is 0. The minimum atomic E-state index is -0.00645. The van der Waals surface area contributed by atoms with Crippen LogP contribution in [-0.2, 0) is 17.8 Å². The molecule has 0 aliphatic carbocycles. The average molecular weight is 253 g/mol. The number of aryl methyl sites for hydroxylation is 1. The monoisotopic (exact) mass is 253 g/mol. The van der Waals surface area contributed by atoms with Crippen molar-refractivity contribution in [3.63, 3.8) is 0 Å². The van der Waals surface area contributed by atoms with E-state index in [1.807, 2.05) is 5.38 Å². The van der Waals surface area contributed by atoms with Crippen molar-refractivity contribution < 1.29 is 4.79 Å². The predicted octanol–water partition coefficient (Wildman–Crippen LogP) is 1.46. The molecule has 1 aromatic heterocycles. The van der Waals surface area contributed by atoms with Crippen molar-refractivity contribution in [2.75, 3.05) is 6.54 Å². The number of aromatic nitrogens is 1. The molecule has 1 aromatic rings. The molecule has 1 aliphatic rings. The van der Waals surface area contributed by atoms with Crippen molar-refractivity contribution in [1.82, 2.24) is 15.6 Å². The molecule has 2 N–H and O–H groups in total. The third-order valence-corrected chi connectivity index (χ3v) is 4.01. The van der Waals surface area contributed by atoms with Crippen molar-refractivity contribution in [2.45, 2.75) is 45.2 Å². The van der Waals surface area contributed by atoms with E-state index >= 15 is 0 Å². The standard InChI is InChI=1S/C12H19N3OS/c1-2-11-15-9(8-17-11)7-14-12(16)10-5-3-4-6-13-10/h8,10,13H,2-7H2,1H3,(H,14,16)/t10-/m1/s1. The molecule has 0 unspecified atom stereocenters. The topological polar surface area (TPSA) is 54.0 Å². The zero-order chi connectivity index (χ0) is 12.1. The van der Waals surface area contributed by atoms with Crippen molar-refractivity contribution in [1.29, 1.82) is 0 Å². The molecule has 1 atom stereocenters. The molecular formula is C12H19N3OS. The number of carbonyl (C=O) groups excluding carboxylic acids is 1. The van der Waals surface area contributed by atoms with E-state index in [1.165, 1.54) is 6.42 Å². The van der Waals surface area contributed by atoms with Crippen molar-refractivity contribution in [3.8, 4) is 0 Å². The van der Waals surface area contributed by atoms with Gasteiger partial charge in [-0.15, -0.1) is 11.3 Å². The summed E-state index contributed by atoms with van der Waals surface area (Å²) in [4.78, 5) is 16.3. The maximum Gasteiger partial charge on any atom is 0.237 e. The Morgan fingerprint density at radius 2 is 2.53 bits per heavy atom. The van der Waals surface area contributed by atoms with Gasteiger partial charge in [-0.05, 0) is 25.8 Å². The summed E-state index contributed by atoms with van der Waals surface area (Å²) in [5.41, 5.74) is 0.969. The first-order valence-corrected chi connectivity index (χ1v) is 7.12. The molecule has 5 heteroatoms. The first-order valence-electron chi connectivity index (χ1n) is 6.24. The number of hydrogen-bond donors (Lipinski definition) is 2. The lowest BCUT2D eigenvalue weighted by atomic mass is 10.0. The van der Waals surface area contributed by atoms with Crippen LogP contribution >= 0.6 is 11.3 Å². The second-order valence-electron chi connectivity index (χ2n) is 4.31. The van der Waals surface area contributed by atoms with Crippen LogP contribution in [0, 0.1) is 0 Å². The van der Waals surface area contributed by atoms with Gasteiger partial charge in [0.25, 0.3) is 0 Å². The van der Waals surface area contributed by atoms with E-state index in [9.17, 15) is 4.79 Å². The Labute approximate surface area is 106 Å². The van der Waals surface area contributed by atoms with Gasteiger partial charge in [-0.2, -0.15) is 0 Å². The Hall–Kier alpha value is -0.940. The summed E-state index contributed by atoms with van der Waals surface area (Å²) >= 11 is 1.66. The molecule has 2 rings (SSSR count). The molecule has 1 fully saturated rings. The van der Waals surface area contributed by atoms with Crippen LogP contribution in [0.4, 0.5) is 0 Å². The Kier molecular flexibility index (Phi) is 4.50. The Morgan fingerprint density at radius 3 is 3.18 bits per heavy atom. The molecule has 0 radical (unpaired) electrons. The quantitative estimate of drug-likeness (QED) is 0.854. The zero-order valence-electron chi connectivity index (χ0n) is 10.2. The first kappa shape index (κ1) is 12.5. The lowest BCUT2D eigenvalue weighted by Gasteiger charge is -2.22. The van der Waals surface area contributed by atoms with Crippen LogP contribution in [0.2, 0.25) is 0 Å². The lowest BCUT2D eigenvalue weighted by molar-refractivity contribution is -0.123. The van der Waals surface area contributed by atoms with E-state index < -0.39 is 0 Å². The highest BCUT2D eigenvalue weighted by Crippen LogP contribution is 2.10. The molecule has 0 saturated carbocycles. The average Bonchev–Trinajstić information content (AvgIpc) is 2.85. The minimum absolute atomic E-state index is 0.00645. The van der Waals surface area contributed by atoms with Crippen LogP contribution < -0.4 is 10.6 Å². The molecule has 1 amide bonds. The zero-order valence-corrected chi connectivity index (χ0v) is 11.0. The number of rotatable bonds is 4. The molecule has 0 aromatic carbocycles. The first-order chi connectivity index (χ1) is 8.29. The summed E-state index contributed by atoms with van der Waals surface area (Å²) in [5, 5.41) is 9.34. The van der Waals surface area contributed by atoms with E-state index in [0.717, 1.165) is 36.5 Å². The van der Waals surface area contributed by atoms with Crippen molar-refractivity contribution in [3.05, 3.63) is 16.1 Å². The van der Waals surface area contributed by atoms with Crippen molar-refractivity contribution >= 4 is 17.2 Å². The third-order valence-electron chi connectivity index (χ3n) is 2.97. The summed E-state index contributed by atoms with van der Waals surface area (Å²) in [6.07, 6.45) is 4.23. The number of amides is 1. The number of thiazole rings is 1. The maximum atomic E-state index is 11.8. The van der Waals surface area contributed by atoms with Crippen molar-refractivity contribution in [2.24, 2.45) is 0 Å². The van der Waals surface area contributed by atoms with Gasteiger partial charge in [-0.3, -0.25) is 4.79 Å². The van der Waals surface area contributed by atoms with E-state index in [2.05, 4.69) is 22.5 Å². The molecule has 4 nitrogen and oxygen atoms in total. The van der Waals surface area contributed by atoms with E-state index in [4.69, 9.17) is 0 Å². The van der Waals surface area contributed by atoms with Crippen LogP contribution in [0.25, 0.3) is 0 Å². The number of carbonyl (C=O) groups is 1. The van der Waals surface area contributed by atoms with Crippen LogP contribution in [-0.4, -0.2) is 23.5 Å². The molecular weight excluding hydrogens is 234 g/mol. The van der Waals surface area contributed by atoms with E-state index in [0.29, 0.717) is 6.54 Å². The highest BCUT2D eigenvalue weighted by Gasteiger charge is 2.19. The van der Waals surface area contributed by atoms with Gasteiger partial charge in [0, 0.05) is 5.38 Å². The number of piperidine rings is 1. The Morgan fingerprint density at radius 1 is 1.65 bits per heavy atom. The van der Waals surface area contributed by atoms with Gasteiger partial charge >= 0.3 is 0 Å². The summed E-state index contributed by atoms with van der Waals surface area (Å²) in [5.74, 6) is 0.107. The molecule has 2 heterocycles. The van der Waals surface area contributed by atoms with Crippen LogP contribution in [0.15, 0.2) is 5.38 Å². The predicted molar refractivity (Wildman–Crippen MR) is 69.0 cm³/mol. The van der Waals surface area contributed by atoms with E-state index in [1.54, 1.807) is 11.3 Å². The second-order valence-corrected chi connectivity index (χ2v) is 5.25. The minimum Gasteiger partial charge on any atom is -0.349 e. The van der Waals surface area contributed by atoms with Gasteiger partial charge in [0.1, 0.15) is 0 Å². The third kappa shape index (κ3) is 3.51. The van der Waals surface area contributed by atoms with Crippen LogP contribution in [0.5, 0.6) is 0 Å². The summed E-state index contributed by atoms with van der Waals surface area (Å²) in [6.45, 7) is 3.59. The highest BCUT2D eigenvalue weighted by atomic mass is 32.1. The molecule has 0 spiro atoms. The normalized spacial score (nSPS) is 20.2. The summed E-state index contributed by atoms with van der Waals surface area (Å²) < 4.78 is 0. The van der Waals surface area contributed by atoms with Gasteiger partial charge in [0.2, 0.25) is 5.91 Å². The van der Waals surface area contributed by atoms with Gasteiger partial charge in [0.15, 0.2) is 0 Å².